The van der Waals surface area contributed by atoms with Crippen molar-refractivity contribution in [3.8, 4) is 28.9 Å². The molecule has 1 unspecified atom stereocenters. The number of nitrogens with zero attached hydrogens (tertiary/aromatic N) is 3. The summed E-state index contributed by atoms with van der Waals surface area (Å²) in [5.41, 5.74) is 0.389. The van der Waals surface area contributed by atoms with Crippen LogP contribution >= 0.6 is 11.6 Å². The van der Waals surface area contributed by atoms with Gasteiger partial charge in [-0.1, -0.05) is 11.6 Å². The van der Waals surface area contributed by atoms with E-state index in [0.717, 1.165) is 18.4 Å². The average Bonchev–Trinajstić information content (AvgIpc) is 3.22. The van der Waals surface area contributed by atoms with E-state index in [1.54, 1.807) is 0 Å². The van der Waals surface area contributed by atoms with Crippen molar-refractivity contribution in [2.24, 2.45) is 0 Å². The molecule has 3 N–H and O–H groups in total. The second-order valence-corrected chi connectivity index (χ2v) is 9.77. The maximum Gasteiger partial charge on any atom is 0.327 e. The summed E-state index contributed by atoms with van der Waals surface area (Å²) in [7, 11) is -3.57. The number of nitrogens with one attached hydrogen (secondary N) is 1. The van der Waals surface area contributed by atoms with Gasteiger partial charge in [0.2, 0.25) is 5.88 Å². The van der Waals surface area contributed by atoms with E-state index in [-0.39, 0.29) is 43.8 Å². The molecule has 1 atom stereocenters. The topological polar surface area (TPSA) is 148 Å². The van der Waals surface area contributed by atoms with Crippen LogP contribution in [0.1, 0.15) is 0 Å². The molecule has 0 radical (unpaired) electrons. The number of benzene rings is 2. The van der Waals surface area contributed by atoms with E-state index in [1.165, 1.54) is 18.2 Å². The number of halogens is 3. The number of fused-ring (bicyclic) bond motifs is 1. The van der Waals surface area contributed by atoms with Crippen LogP contribution in [0.3, 0.4) is 0 Å². The quantitative estimate of drug-likeness (QED) is 0.315. The van der Waals surface area contributed by atoms with Crippen LogP contribution in [0.25, 0.3) is 22.3 Å². The molecule has 35 heavy (non-hydrogen) atoms. The zero-order chi connectivity index (χ0) is 25.3. The van der Waals surface area contributed by atoms with Crippen molar-refractivity contribution in [2.45, 2.75) is 11.0 Å². The van der Waals surface area contributed by atoms with Gasteiger partial charge >= 0.3 is 6.01 Å². The van der Waals surface area contributed by atoms with Crippen molar-refractivity contribution in [1.82, 2.24) is 20.2 Å². The largest absolute Gasteiger partial charge is 0.474 e. The highest BCUT2D eigenvalue weighted by molar-refractivity contribution is 7.90. The van der Waals surface area contributed by atoms with Gasteiger partial charge in [-0.05, 0) is 30.3 Å². The second kappa shape index (κ2) is 9.70. The van der Waals surface area contributed by atoms with Gasteiger partial charge in [-0.25, -0.2) is 17.2 Å². The molecule has 4 aromatic rings. The lowest BCUT2D eigenvalue weighted by atomic mass is 10.1. The lowest BCUT2D eigenvalue weighted by Crippen LogP contribution is -2.21. The van der Waals surface area contributed by atoms with Crippen LogP contribution < -0.4 is 9.47 Å². The zero-order valence-electron chi connectivity index (χ0n) is 17.9. The number of ether oxygens (including phenoxy) is 2. The predicted octanol–water partition coefficient (Wildman–Crippen LogP) is 2.88. The molecule has 0 saturated carbocycles. The number of hydrogen-bond donors (Lipinski definition) is 3. The van der Waals surface area contributed by atoms with Crippen LogP contribution in [0, 0.1) is 11.6 Å². The highest BCUT2D eigenvalue weighted by Gasteiger charge is 2.23. The first-order valence-electron chi connectivity index (χ1n) is 9.87. The van der Waals surface area contributed by atoms with Crippen molar-refractivity contribution in [3.05, 3.63) is 53.1 Å². The number of rotatable bonds is 8. The molecule has 0 aliphatic rings. The molecule has 14 heteroatoms. The van der Waals surface area contributed by atoms with Crippen LogP contribution in [-0.2, 0) is 9.84 Å². The number of hydrogen-bond acceptors (Lipinski definition) is 9. The van der Waals surface area contributed by atoms with Crippen molar-refractivity contribution in [1.29, 1.82) is 0 Å². The molecule has 0 saturated heterocycles. The Bertz CT molecular complexity index is 1520. The van der Waals surface area contributed by atoms with E-state index >= 15 is 0 Å². The normalized spacial score (nSPS) is 12.6. The Labute approximate surface area is 202 Å². The van der Waals surface area contributed by atoms with E-state index in [2.05, 4.69) is 20.2 Å². The van der Waals surface area contributed by atoms with Crippen LogP contribution in [0.15, 0.2) is 41.3 Å². The van der Waals surface area contributed by atoms with Crippen molar-refractivity contribution in [2.75, 3.05) is 19.5 Å². The molecule has 0 aliphatic carbocycles. The molecular formula is C21H17ClF2N4O6S. The number of H-pyrrole nitrogens is 1. The van der Waals surface area contributed by atoms with Gasteiger partial charge in [0.25, 0.3) is 0 Å². The highest BCUT2D eigenvalue weighted by Crippen LogP contribution is 2.38. The molecule has 0 amide bonds. The maximum absolute atomic E-state index is 14.1. The van der Waals surface area contributed by atoms with E-state index in [1.807, 2.05) is 0 Å². The van der Waals surface area contributed by atoms with Gasteiger partial charge < -0.3 is 19.7 Å². The van der Waals surface area contributed by atoms with Crippen LogP contribution in [0.4, 0.5) is 8.78 Å². The molecule has 2 heterocycles. The summed E-state index contributed by atoms with van der Waals surface area (Å²) in [6.45, 7) is -0.993. The predicted molar refractivity (Wildman–Crippen MR) is 120 cm³/mol. The number of aliphatic hydroxyl groups excluding tert-OH is 2. The van der Waals surface area contributed by atoms with E-state index in [4.69, 9.17) is 26.2 Å². The fourth-order valence-electron chi connectivity index (χ4n) is 3.03. The second-order valence-electron chi connectivity index (χ2n) is 7.35. The van der Waals surface area contributed by atoms with Crippen LogP contribution in [-0.4, -0.2) is 64.4 Å². The van der Waals surface area contributed by atoms with Crippen molar-refractivity contribution < 1.29 is 36.9 Å². The van der Waals surface area contributed by atoms with Crippen molar-refractivity contribution >= 4 is 32.5 Å². The van der Waals surface area contributed by atoms with Gasteiger partial charge in [0.15, 0.2) is 27.1 Å². The smallest absolute Gasteiger partial charge is 0.327 e. The molecule has 2 aromatic carbocycles. The fourth-order valence-corrected chi connectivity index (χ4v) is 3.88. The molecule has 0 aliphatic heterocycles. The Morgan fingerprint density at radius 2 is 1.94 bits per heavy atom. The number of sulfone groups is 1. The van der Waals surface area contributed by atoms with Gasteiger partial charge in [0.1, 0.15) is 29.6 Å². The molecule has 0 spiro atoms. The molecule has 2 aromatic heterocycles. The van der Waals surface area contributed by atoms with Gasteiger partial charge in [0.05, 0.1) is 16.5 Å². The third kappa shape index (κ3) is 5.32. The maximum atomic E-state index is 14.1. The molecule has 0 fully saturated rings. The Morgan fingerprint density at radius 3 is 2.63 bits per heavy atom. The summed E-state index contributed by atoms with van der Waals surface area (Å²) in [5, 5.41) is 25.9. The minimum atomic E-state index is -3.57. The third-order valence-electron chi connectivity index (χ3n) is 4.71. The van der Waals surface area contributed by atoms with Crippen LogP contribution in [0.2, 0.25) is 5.02 Å². The summed E-state index contributed by atoms with van der Waals surface area (Å²) in [4.78, 5) is 8.20. The molecule has 10 nitrogen and oxygen atoms in total. The number of aromatic amines is 1. The molecule has 4 rings (SSSR count). The van der Waals surface area contributed by atoms with E-state index in [0.29, 0.717) is 6.07 Å². The summed E-state index contributed by atoms with van der Waals surface area (Å²) >= 11 is 6.31. The van der Waals surface area contributed by atoms with Gasteiger partial charge in [0, 0.05) is 17.9 Å². The Kier molecular flexibility index (Phi) is 6.85. The van der Waals surface area contributed by atoms with E-state index < -0.39 is 46.8 Å². The highest BCUT2D eigenvalue weighted by atomic mass is 35.5. The summed E-state index contributed by atoms with van der Waals surface area (Å²) in [5.74, 6) is -2.36. The first-order chi connectivity index (χ1) is 16.6. The molecule has 0 bridgehead atoms. The lowest BCUT2D eigenvalue weighted by molar-refractivity contribution is 0.0525. The fraction of sp³-hybridized carbons (Fsp3) is 0.190. The summed E-state index contributed by atoms with van der Waals surface area (Å²) in [6.07, 6.45) is -0.221. The Balaban J connectivity index is 1.85. The number of aliphatic hydroxyl groups is 2. The van der Waals surface area contributed by atoms with Crippen LogP contribution in [0.5, 0.6) is 17.6 Å². The van der Waals surface area contributed by atoms with Crippen molar-refractivity contribution in [3.63, 3.8) is 0 Å². The number of aromatic nitrogens is 4. The first kappa shape index (κ1) is 24.7. The Hall–Kier alpha value is -3.39. The molecular weight excluding hydrogens is 510 g/mol. The SMILES string of the molecule is CS(=O)(=O)c1ccc(Cl)c(-c2n[nH]c3nc(Oc4ccc(F)cc4F)nc(OCC(O)CO)c23)c1. The monoisotopic (exact) mass is 526 g/mol. The summed E-state index contributed by atoms with van der Waals surface area (Å²) in [6, 6.07) is 6.29. The van der Waals surface area contributed by atoms with Gasteiger partial charge in [-0.15, -0.1) is 0 Å². The zero-order valence-corrected chi connectivity index (χ0v) is 19.4. The van der Waals surface area contributed by atoms with Gasteiger partial charge in [-0.2, -0.15) is 15.1 Å². The molecule has 184 valence electrons. The summed E-state index contributed by atoms with van der Waals surface area (Å²) < 4.78 is 62.2. The third-order valence-corrected chi connectivity index (χ3v) is 6.14. The standard InChI is InChI=1S/C21H17ClF2N4O6S/c1-35(31,32)12-3-4-14(22)13(7-12)18-17-19(28-27-18)25-21(26-20(17)33-9-11(30)8-29)34-16-5-2-10(23)6-15(16)24/h2-7,11,29-30H,8-9H2,1H3,(H,25,26,27,28). The van der Waals surface area contributed by atoms with Gasteiger partial charge in [-0.3, -0.25) is 5.10 Å². The van der Waals surface area contributed by atoms with E-state index in [9.17, 15) is 22.3 Å². The lowest BCUT2D eigenvalue weighted by Gasteiger charge is -2.12. The minimum absolute atomic E-state index is 0.0149. The average molecular weight is 527 g/mol. The first-order valence-corrected chi connectivity index (χ1v) is 12.1. The minimum Gasteiger partial charge on any atom is -0.474 e. The Morgan fingerprint density at radius 1 is 1.17 bits per heavy atom.